The van der Waals surface area contributed by atoms with Crippen LogP contribution in [-0.2, 0) is 0 Å². The Morgan fingerprint density at radius 1 is 0.750 bits per heavy atom. The molecule has 0 aliphatic heterocycles. The molecular formula is H4CaCl2O4Si. The standard InChI is InChI=1S/Ca.2ClH.H4O4Si/c;;;1-5(2,3)4/h;2*1H;1-4H/q+2;;;/p-2. The summed E-state index contributed by atoms with van der Waals surface area (Å²) in [5.74, 6) is 0. The zero-order chi connectivity index (χ0) is 4.50. The summed E-state index contributed by atoms with van der Waals surface area (Å²) in [6.07, 6.45) is 0. The fraction of sp³-hybridized carbons (Fsp3) is 0. The van der Waals surface area contributed by atoms with Crippen molar-refractivity contribution < 1.29 is 44.0 Å². The van der Waals surface area contributed by atoms with Crippen LogP contribution in [0, 0.1) is 0 Å². The van der Waals surface area contributed by atoms with Gasteiger partial charge in [0.25, 0.3) is 0 Å². The van der Waals surface area contributed by atoms with Crippen LogP contribution in [-0.4, -0.2) is 66.0 Å². The van der Waals surface area contributed by atoms with Gasteiger partial charge in [0, 0.05) is 0 Å². The summed E-state index contributed by atoms with van der Waals surface area (Å²) in [5.41, 5.74) is 0. The van der Waals surface area contributed by atoms with E-state index in [1.807, 2.05) is 0 Å². The maximum atomic E-state index is 7.33. The van der Waals surface area contributed by atoms with Crippen molar-refractivity contribution in [3.8, 4) is 0 Å². The monoisotopic (exact) mass is 206 g/mol. The van der Waals surface area contributed by atoms with Crippen LogP contribution in [0.15, 0.2) is 0 Å². The van der Waals surface area contributed by atoms with Gasteiger partial charge in [0.2, 0.25) is 0 Å². The molecule has 0 fully saturated rings. The summed E-state index contributed by atoms with van der Waals surface area (Å²) in [6, 6.07) is 0. The van der Waals surface area contributed by atoms with E-state index in [1.165, 1.54) is 0 Å². The van der Waals surface area contributed by atoms with Crippen LogP contribution in [0.3, 0.4) is 0 Å². The van der Waals surface area contributed by atoms with Crippen molar-refractivity contribution in [1.82, 2.24) is 0 Å². The second-order valence-electron chi connectivity index (χ2n) is 0.600. The Bertz CT molecular complexity index is 29.5. The predicted octanol–water partition coefficient (Wildman–Crippen LogP) is -8.98. The predicted molar refractivity (Wildman–Crippen MR) is 20.4 cm³/mol. The van der Waals surface area contributed by atoms with E-state index >= 15 is 0 Å². The topological polar surface area (TPSA) is 80.9 Å². The van der Waals surface area contributed by atoms with Crippen molar-refractivity contribution in [3.05, 3.63) is 0 Å². The van der Waals surface area contributed by atoms with Crippen LogP contribution in [0.2, 0.25) is 0 Å². The van der Waals surface area contributed by atoms with E-state index in [1.54, 1.807) is 0 Å². The third-order valence-electron chi connectivity index (χ3n) is 0. The van der Waals surface area contributed by atoms with Crippen molar-refractivity contribution in [1.29, 1.82) is 0 Å². The van der Waals surface area contributed by atoms with Gasteiger partial charge in [-0.15, -0.1) is 0 Å². The van der Waals surface area contributed by atoms with Crippen LogP contribution < -0.4 is 24.8 Å². The van der Waals surface area contributed by atoms with Gasteiger partial charge < -0.3 is 44.0 Å². The summed E-state index contributed by atoms with van der Waals surface area (Å²) >= 11 is 0. The molecule has 8 heteroatoms. The third kappa shape index (κ3) is 104. The first-order valence-electron chi connectivity index (χ1n) is 0.894. The molecule has 0 atom stereocenters. The smallest absolute Gasteiger partial charge is 1.00 e. The Balaban J connectivity index is -0.0000000267. The fourth-order valence-corrected chi connectivity index (χ4v) is 0. The van der Waals surface area contributed by atoms with Gasteiger partial charge >= 0.3 is 46.8 Å². The largest absolute Gasteiger partial charge is 2.00 e. The Kier molecular flexibility index (Phi) is 25.1. The van der Waals surface area contributed by atoms with Gasteiger partial charge in [-0.2, -0.15) is 0 Å². The molecule has 0 aliphatic rings. The molecule has 0 amide bonds. The van der Waals surface area contributed by atoms with Crippen molar-refractivity contribution in [2.24, 2.45) is 0 Å². The average molecular weight is 207 g/mol. The number of hydrogen-bond acceptors (Lipinski definition) is 4. The fourth-order valence-electron chi connectivity index (χ4n) is 0. The molecule has 0 spiro atoms. The van der Waals surface area contributed by atoms with Crippen LogP contribution in [0.25, 0.3) is 0 Å². The first kappa shape index (κ1) is 22.5. The Hall–Kier alpha value is 1.90. The molecule has 0 rings (SSSR count). The third-order valence-corrected chi connectivity index (χ3v) is 0. The van der Waals surface area contributed by atoms with E-state index in [-0.39, 0.29) is 62.6 Å². The minimum atomic E-state index is -4.61. The summed E-state index contributed by atoms with van der Waals surface area (Å²) in [4.78, 5) is 29.3. The molecule has 4 N–H and O–H groups in total. The summed E-state index contributed by atoms with van der Waals surface area (Å²) in [5, 5.41) is 0. The molecular weight excluding hydrogens is 203 g/mol. The van der Waals surface area contributed by atoms with Gasteiger partial charge in [0.1, 0.15) is 0 Å². The minimum Gasteiger partial charge on any atom is -1.00 e. The quantitative estimate of drug-likeness (QED) is 0.297. The van der Waals surface area contributed by atoms with Gasteiger partial charge in [0.15, 0.2) is 0 Å². The molecule has 0 aromatic heterocycles. The van der Waals surface area contributed by atoms with Gasteiger partial charge in [-0.05, 0) is 0 Å². The molecule has 0 aromatic rings. The molecule has 0 heterocycles. The minimum absolute atomic E-state index is 0. The number of rotatable bonds is 0. The molecule has 0 bridgehead atoms. The Morgan fingerprint density at radius 2 is 0.750 bits per heavy atom. The molecule has 0 radical (unpaired) electrons. The Labute approximate surface area is 89.8 Å². The van der Waals surface area contributed by atoms with E-state index in [0.717, 1.165) is 0 Å². The van der Waals surface area contributed by atoms with Gasteiger partial charge in [-0.25, -0.2) is 0 Å². The molecule has 4 nitrogen and oxygen atoms in total. The second-order valence-corrected chi connectivity index (χ2v) is 1.80. The maximum absolute atomic E-state index is 7.33. The maximum Gasteiger partial charge on any atom is 2.00 e. The summed E-state index contributed by atoms with van der Waals surface area (Å²) < 4.78 is 0. The molecule has 0 aromatic carbocycles. The normalized spacial score (nSPS) is 7.50. The van der Waals surface area contributed by atoms with Crippen molar-refractivity contribution in [2.45, 2.75) is 0 Å². The first-order valence-corrected chi connectivity index (χ1v) is 2.68. The molecule has 0 unspecified atom stereocenters. The summed E-state index contributed by atoms with van der Waals surface area (Å²) in [6.45, 7) is 0. The molecule has 0 saturated heterocycles. The molecule has 48 valence electrons. The SMILES string of the molecule is O[Si](O)(O)O.[Ca+2].[Cl-].[Cl-]. The van der Waals surface area contributed by atoms with Crippen molar-refractivity contribution in [2.75, 3.05) is 0 Å². The van der Waals surface area contributed by atoms with Crippen molar-refractivity contribution in [3.63, 3.8) is 0 Å². The van der Waals surface area contributed by atoms with Crippen LogP contribution >= 0.6 is 0 Å². The van der Waals surface area contributed by atoms with Crippen LogP contribution in [0.4, 0.5) is 0 Å². The number of halogens is 2. The second kappa shape index (κ2) is 8.90. The van der Waals surface area contributed by atoms with E-state index < -0.39 is 9.05 Å². The van der Waals surface area contributed by atoms with E-state index in [2.05, 4.69) is 0 Å². The molecule has 0 aliphatic carbocycles. The zero-order valence-corrected chi connectivity index (χ0v) is 8.47. The Morgan fingerprint density at radius 3 is 0.750 bits per heavy atom. The van der Waals surface area contributed by atoms with Crippen molar-refractivity contribution >= 4 is 46.8 Å². The van der Waals surface area contributed by atoms with Gasteiger partial charge in [-0.3, -0.25) is 0 Å². The van der Waals surface area contributed by atoms with E-state index in [9.17, 15) is 0 Å². The molecule has 0 saturated carbocycles. The van der Waals surface area contributed by atoms with E-state index in [4.69, 9.17) is 19.2 Å². The van der Waals surface area contributed by atoms with Gasteiger partial charge in [0.05, 0.1) is 0 Å². The van der Waals surface area contributed by atoms with E-state index in [0.29, 0.717) is 0 Å². The van der Waals surface area contributed by atoms with Crippen LogP contribution in [0.5, 0.6) is 0 Å². The number of hydrogen-bond donors (Lipinski definition) is 4. The van der Waals surface area contributed by atoms with Crippen LogP contribution in [0.1, 0.15) is 0 Å². The average Bonchev–Trinajstić information content (AvgIpc) is 0.722. The molecule has 8 heavy (non-hydrogen) atoms. The first-order chi connectivity index (χ1) is 2.00. The summed E-state index contributed by atoms with van der Waals surface area (Å²) in [7, 11) is -4.61. The van der Waals surface area contributed by atoms with Gasteiger partial charge in [-0.1, -0.05) is 0 Å². The zero-order valence-electron chi connectivity index (χ0n) is 3.75.